The molecule has 0 saturated heterocycles. The van der Waals surface area contributed by atoms with Gasteiger partial charge in [0.25, 0.3) is 6.02 Å². The van der Waals surface area contributed by atoms with Gasteiger partial charge in [0.05, 0.1) is 5.02 Å². The van der Waals surface area contributed by atoms with Gasteiger partial charge in [-0.2, -0.15) is 13.2 Å². The Bertz CT molecular complexity index is 1010. The Balaban J connectivity index is 1.74. The van der Waals surface area contributed by atoms with E-state index in [0.29, 0.717) is 5.02 Å². The predicted molar refractivity (Wildman–Crippen MR) is 96.0 cm³/mol. The fourth-order valence-corrected chi connectivity index (χ4v) is 3.77. The number of nitrogens with two attached hydrogens (primary N) is 1. The Labute approximate surface area is 167 Å². The fraction of sp³-hybridized carbons (Fsp3) is 0.316. The average Bonchev–Trinajstić information content (AvgIpc) is 3.41. The molecule has 1 fully saturated rings. The van der Waals surface area contributed by atoms with E-state index in [-0.39, 0.29) is 24.1 Å². The summed E-state index contributed by atoms with van der Waals surface area (Å²) < 4.78 is 62.1. The van der Waals surface area contributed by atoms with E-state index in [4.69, 9.17) is 22.1 Å². The van der Waals surface area contributed by atoms with Crippen LogP contribution in [-0.4, -0.2) is 29.1 Å². The third-order valence-corrected chi connectivity index (χ3v) is 5.30. The molecule has 0 radical (unpaired) electrons. The van der Waals surface area contributed by atoms with E-state index >= 15 is 0 Å². The summed E-state index contributed by atoms with van der Waals surface area (Å²) in [6.07, 6.45) is -4.59. The van der Waals surface area contributed by atoms with Gasteiger partial charge in [0.2, 0.25) is 0 Å². The van der Waals surface area contributed by atoms with E-state index in [0.717, 1.165) is 12.1 Å². The number of hydrogen-bond donors (Lipinski definition) is 1. The molecule has 152 valence electrons. The summed E-state index contributed by atoms with van der Waals surface area (Å²) in [5.41, 5.74) is 2.23. The van der Waals surface area contributed by atoms with Gasteiger partial charge < -0.3 is 10.5 Å². The third-order valence-electron chi connectivity index (χ3n) is 5.08. The molecular weight excluding hydrogens is 414 g/mol. The summed E-state index contributed by atoms with van der Waals surface area (Å²) in [5.74, 6) is -2.60. The summed E-state index contributed by atoms with van der Waals surface area (Å²) >= 11 is 5.73. The van der Waals surface area contributed by atoms with Crippen LogP contribution in [0.2, 0.25) is 5.02 Å². The van der Waals surface area contributed by atoms with Crippen molar-refractivity contribution in [3.63, 3.8) is 0 Å². The normalized spacial score (nSPS) is 25.6. The first kappa shape index (κ1) is 19.6. The second-order valence-electron chi connectivity index (χ2n) is 6.99. The summed E-state index contributed by atoms with van der Waals surface area (Å²) in [6.45, 7) is 0. The first-order chi connectivity index (χ1) is 13.6. The third kappa shape index (κ3) is 3.33. The fourth-order valence-electron chi connectivity index (χ4n) is 3.66. The van der Waals surface area contributed by atoms with Crippen molar-refractivity contribution in [2.75, 3.05) is 0 Å². The number of carbonyl (C=O) groups is 1. The zero-order chi connectivity index (χ0) is 21.0. The first-order valence-corrected chi connectivity index (χ1v) is 9.02. The monoisotopic (exact) mass is 427 g/mol. The van der Waals surface area contributed by atoms with Crippen molar-refractivity contribution in [2.45, 2.75) is 30.7 Å². The maximum Gasteiger partial charge on any atom is 0.418 e. The van der Waals surface area contributed by atoms with Crippen molar-refractivity contribution >= 4 is 23.4 Å². The molecule has 2 aromatic rings. The molecule has 1 saturated carbocycles. The maximum absolute atomic E-state index is 14.6. The molecule has 2 N–H and O–H groups in total. The largest absolute Gasteiger partial charge is 0.462 e. The number of ether oxygens (including phenoxy) is 1. The Morgan fingerprint density at radius 2 is 2.07 bits per heavy atom. The van der Waals surface area contributed by atoms with Crippen LogP contribution in [-0.2, 0) is 16.7 Å². The van der Waals surface area contributed by atoms with Crippen LogP contribution in [0.15, 0.2) is 41.5 Å². The topological polar surface area (TPSA) is 77.6 Å². The molecule has 0 spiro atoms. The van der Waals surface area contributed by atoms with Gasteiger partial charge >= 0.3 is 6.18 Å². The minimum Gasteiger partial charge on any atom is -0.462 e. The molecular formula is C19H14ClF4N3O2. The smallest absolute Gasteiger partial charge is 0.418 e. The Kier molecular flexibility index (Phi) is 4.53. The molecule has 10 heteroatoms. The molecule has 1 aromatic carbocycles. The number of hydrogen-bond acceptors (Lipinski definition) is 5. The zero-order valence-electron chi connectivity index (χ0n) is 14.7. The maximum atomic E-state index is 14.6. The van der Waals surface area contributed by atoms with Crippen LogP contribution in [0.5, 0.6) is 0 Å². The molecule has 0 amide bonds. The number of aliphatic imine (C=N–C) groups is 1. The number of benzene rings is 1. The molecule has 0 bridgehead atoms. The lowest BCUT2D eigenvalue weighted by molar-refractivity contribution is -0.201. The number of pyridine rings is 1. The molecule has 29 heavy (non-hydrogen) atoms. The van der Waals surface area contributed by atoms with E-state index in [1.54, 1.807) is 0 Å². The summed E-state index contributed by atoms with van der Waals surface area (Å²) in [5, 5.41) is 0.340. The van der Waals surface area contributed by atoms with Gasteiger partial charge in [0, 0.05) is 24.1 Å². The molecule has 5 nitrogen and oxygen atoms in total. The summed E-state index contributed by atoms with van der Waals surface area (Å²) in [7, 11) is 0. The highest BCUT2D eigenvalue weighted by Gasteiger charge is 2.71. The van der Waals surface area contributed by atoms with Crippen LogP contribution >= 0.6 is 11.6 Å². The number of rotatable bonds is 4. The van der Waals surface area contributed by atoms with Crippen LogP contribution < -0.4 is 5.73 Å². The Morgan fingerprint density at radius 1 is 1.31 bits per heavy atom. The number of ketones is 1. The quantitative estimate of drug-likeness (QED) is 0.595. The number of Topliss-reactive ketones (excluding diaryl/α,β-unsaturated/α-hetero) is 1. The van der Waals surface area contributed by atoms with Crippen molar-refractivity contribution < 1.29 is 27.1 Å². The van der Waals surface area contributed by atoms with Crippen molar-refractivity contribution in [1.29, 1.82) is 0 Å². The standard InChI is InChI=1S/C19H14ClF4N3O2/c20-10-2-4-14(26-8-10)15(28)6-9-1-3-13(21)11(5-9)18(19(22,23)24)12-7-16(12)29-17(25)27-18/h1-5,8,12,16H,6-7H2,(H2,25,27)/t12-,16+,18+/m1/s1. The van der Waals surface area contributed by atoms with E-state index < -0.39 is 46.9 Å². The summed E-state index contributed by atoms with van der Waals surface area (Å²) in [4.78, 5) is 19.8. The van der Waals surface area contributed by atoms with Gasteiger partial charge in [-0.3, -0.25) is 9.78 Å². The number of amidine groups is 1. The number of fused-ring (bicyclic) bond motifs is 1. The first-order valence-electron chi connectivity index (χ1n) is 8.64. The van der Waals surface area contributed by atoms with E-state index in [9.17, 15) is 22.4 Å². The SMILES string of the molecule is NC1=N[C@](c2cc(CC(=O)c3ccc(Cl)cn3)ccc2F)(C(F)(F)F)[C@@H]2C[C@@H]2O1. The number of halogens is 5. The van der Waals surface area contributed by atoms with Gasteiger partial charge in [0.1, 0.15) is 17.6 Å². The van der Waals surface area contributed by atoms with Crippen molar-refractivity contribution in [1.82, 2.24) is 4.98 Å². The highest BCUT2D eigenvalue weighted by Crippen LogP contribution is 2.60. The molecule has 4 rings (SSSR count). The zero-order valence-corrected chi connectivity index (χ0v) is 15.5. The van der Waals surface area contributed by atoms with Crippen LogP contribution in [0.1, 0.15) is 28.0 Å². The van der Waals surface area contributed by atoms with Crippen molar-refractivity contribution in [3.05, 3.63) is 64.2 Å². The molecule has 1 aliphatic carbocycles. The second-order valence-corrected chi connectivity index (χ2v) is 7.42. The number of aromatic nitrogens is 1. The molecule has 3 atom stereocenters. The molecule has 0 unspecified atom stereocenters. The molecule has 2 aliphatic rings. The van der Waals surface area contributed by atoms with Crippen LogP contribution in [0.25, 0.3) is 0 Å². The lowest BCUT2D eigenvalue weighted by Gasteiger charge is -2.35. The highest BCUT2D eigenvalue weighted by atomic mass is 35.5. The predicted octanol–water partition coefficient (Wildman–Crippen LogP) is 3.79. The lowest BCUT2D eigenvalue weighted by Crippen LogP contribution is -2.48. The van der Waals surface area contributed by atoms with E-state index in [2.05, 4.69) is 9.98 Å². The van der Waals surface area contributed by atoms with Crippen LogP contribution in [0.3, 0.4) is 0 Å². The minimum absolute atomic E-state index is 0.0566. The van der Waals surface area contributed by atoms with Crippen LogP contribution in [0.4, 0.5) is 17.6 Å². The van der Waals surface area contributed by atoms with Gasteiger partial charge in [-0.05, 0) is 36.2 Å². The second kappa shape index (κ2) is 6.69. The van der Waals surface area contributed by atoms with Gasteiger partial charge in [-0.1, -0.05) is 17.7 Å². The molecule has 2 heterocycles. The van der Waals surface area contributed by atoms with Crippen molar-refractivity contribution in [3.8, 4) is 0 Å². The van der Waals surface area contributed by atoms with Crippen molar-refractivity contribution in [2.24, 2.45) is 16.6 Å². The highest BCUT2D eigenvalue weighted by molar-refractivity contribution is 6.30. The Morgan fingerprint density at radius 3 is 2.72 bits per heavy atom. The number of nitrogens with zero attached hydrogens (tertiary/aromatic N) is 2. The van der Waals surface area contributed by atoms with Gasteiger partial charge in [-0.25, -0.2) is 9.38 Å². The Hall–Kier alpha value is -2.68. The van der Waals surface area contributed by atoms with Crippen LogP contribution in [0, 0.1) is 11.7 Å². The molecule has 1 aromatic heterocycles. The lowest BCUT2D eigenvalue weighted by atomic mass is 9.82. The summed E-state index contributed by atoms with van der Waals surface area (Å²) in [6, 6.07) is 5.43. The minimum atomic E-state index is -4.90. The van der Waals surface area contributed by atoms with Gasteiger partial charge in [0.15, 0.2) is 11.3 Å². The number of carbonyl (C=O) groups excluding carboxylic acids is 1. The number of alkyl halides is 3. The van der Waals surface area contributed by atoms with E-state index in [1.807, 2.05) is 0 Å². The average molecular weight is 428 g/mol. The molecule has 1 aliphatic heterocycles. The van der Waals surface area contributed by atoms with Gasteiger partial charge in [-0.15, -0.1) is 0 Å². The van der Waals surface area contributed by atoms with E-state index in [1.165, 1.54) is 24.4 Å².